The second-order valence-electron chi connectivity index (χ2n) is 4.84. The van der Waals surface area contributed by atoms with Crippen LogP contribution >= 0.6 is 0 Å². The number of hydrogen-bond donors (Lipinski definition) is 1. The van der Waals surface area contributed by atoms with Crippen LogP contribution in [0.1, 0.15) is 26.7 Å². The number of ether oxygens (including phenoxy) is 2. The van der Waals surface area contributed by atoms with Crippen molar-refractivity contribution in [3.05, 3.63) is 0 Å². The molecule has 4 heteroatoms. The van der Waals surface area contributed by atoms with E-state index >= 15 is 0 Å². The van der Waals surface area contributed by atoms with E-state index in [9.17, 15) is 5.11 Å². The molecule has 0 bridgehead atoms. The number of nitrogens with zero attached hydrogens (tertiary/aromatic N) is 1. The van der Waals surface area contributed by atoms with Gasteiger partial charge in [-0.15, -0.1) is 0 Å². The number of hydrogen-bond acceptors (Lipinski definition) is 4. The zero-order chi connectivity index (χ0) is 11.5. The van der Waals surface area contributed by atoms with Crippen LogP contribution < -0.4 is 0 Å². The van der Waals surface area contributed by atoms with E-state index < -0.39 is 0 Å². The number of aliphatic hydroxyl groups excluding tert-OH is 1. The van der Waals surface area contributed by atoms with Crippen LogP contribution in [0.3, 0.4) is 0 Å². The summed E-state index contributed by atoms with van der Waals surface area (Å²) >= 11 is 0. The van der Waals surface area contributed by atoms with E-state index in [1.165, 1.54) is 0 Å². The predicted molar refractivity (Wildman–Crippen MR) is 61.4 cm³/mol. The molecule has 0 aromatic carbocycles. The molecule has 1 N–H and O–H groups in total. The minimum atomic E-state index is -0.348. The summed E-state index contributed by atoms with van der Waals surface area (Å²) in [5, 5.41) is 10.3. The molecule has 0 amide bonds. The Morgan fingerprint density at radius 2 is 2.00 bits per heavy atom. The quantitative estimate of drug-likeness (QED) is 0.754. The summed E-state index contributed by atoms with van der Waals surface area (Å²) in [4.78, 5) is 2.36. The van der Waals surface area contributed by atoms with Crippen molar-refractivity contribution in [2.24, 2.45) is 0 Å². The van der Waals surface area contributed by atoms with Crippen LogP contribution in [0.4, 0.5) is 0 Å². The Labute approximate surface area is 97.5 Å². The standard InChI is InChI=1S/C12H23NO3/c1-3-11-12(14)10(8-9(2)16-11)13-4-6-15-7-5-13/h9-12,14H,3-8H2,1-2H3. The maximum atomic E-state index is 10.3. The van der Waals surface area contributed by atoms with E-state index in [0.29, 0.717) is 0 Å². The van der Waals surface area contributed by atoms with Crippen molar-refractivity contribution in [1.82, 2.24) is 4.90 Å². The van der Waals surface area contributed by atoms with Gasteiger partial charge in [0.05, 0.1) is 31.5 Å². The molecule has 16 heavy (non-hydrogen) atoms. The van der Waals surface area contributed by atoms with Crippen LogP contribution in [0.15, 0.2) is 0 Å². The van der Waals surface area contributed by atoms with Gasteiger partial charge in [-0.1, -0.05) is 6.92 Å². The summed E-state index contributed by atoms with van der Waals surface area (Å²) in [6, 6.07) is 0.248. The molecule has 0 radical (unpaired) electrons. The normalized spacial score (nSPS) is 42.2. The molecule has 2 heterocycles. The number of rotatable bonds is 2. The molecular weight excluding hydrogens is 206 g/mol. The van der Waals surface area contributed by atoms with E-state index in [1.54, 1.807) is 0 Å². The average Bonchev–Trinajstić information content (AvgIpc) is 2.33. The van der Waals surface area contributed by atoms with Gasteiger partial charge in [-0.3, -0.25) is 4.90 Å². The van der Waals surface area contributed by atoms with Crippen molar-refractivity contribution in [3.8, 4) is 0 Å². The molecule has 0 spiro atoms. The highest BCUT2D eigenvalue weighted by molar-refractivity contribution is 4.90. The summed E-state index contributed by atoms with van der Waals surface area (Å²) in [5.41, 5.74) is 0. The number of aliphatic hydroxyl groups is 1. The molecule has 2 fully saturated rings. The van der Waals surface area contributed by atoms with Crippen molar-refractivity contribution in [3.63, 3.8) is 0 Å². The smallest absolute Gasteiger partial charge is 0.0957 e. The van der Waals surface area contributed by atoms with E-state index in [-0.39, 0.29) is 24.4 Å². The van der Waals surface area contributed by atoms with Gasteiger partial charge in [-0.25, -0.2) is 0 Å². The van der Waals surface area contributed by atoms with Crippen molar-refractivity contribution >= 4 is 0 Å². The minimum Gasteiger partial charge on any atom is -0.389 e. The molecule has 94 valence electrons. The molecule has 2 aliphatic rings. The fraction of sp³-hybridized carbons (Fsp3) is 1.00. The topological polar surface area (TPSA) is 41.9 Å². The zero-order valence-corrected chi connectivity index (χ0v) is 10.3. The first-order valence-corrected chi connectivity index (χ1v) is 6.37. The third kappa shape index (κ3) is 2.56. The van der Waals surface area contributed by atoms with Gasteiger partial charge in [0.1, 0.15) is 0 Å². The van der Waals surface area contributed by atoms with Crippen molar-refractivity contribution in [2.45, 2.75) is 51.0 Å². The lowest BCUT2D eigenvalue weighted by Gasteiger charge is -2.44. The summed E-state index contributed by atoms with van der Waals surface area (Å²) in [6.07, 6.45) is 1.71. The lowest BCUT2D eigenvalue weighted by Crippen LogP contribution is -2.57. The molecule has 4 unspecified atom stereocenters. The highest BCUT2D eigenvalue weighted by Gasteiger charge is 2.38. The second kappa shape index (κ2) is 5.45. The van der Waals surface area contributed by atoms with Gasteiger partial charge in [-0.05, 0) is 19.8 Å². The molecule has 4 atom stereocenters. The van der Waals surface area contributed by atoms with Gasteiger partial charge in [0, 0.05) is 19.1 Å². The maximum absolute atomic E-state index is 10.3. The monoisotopic (exact) mass is 229 g/mol. The molecule has 0 aromatic heterocycles. The SMILES string of the molecule is CCC1OC(C)CC(N2CCOCC2)C1O. The number of morpholine rings is 1. The lowest BCUT2D eigenvalue weighted by molar-refractivity contribution is -0.156. The third-order valence-electron chi connectivity index (χ3n) is 3.67. The van der Waals surface area contributed by atoms with E-state index in [4.69, 9.17) is 9.47 Å². The molecule has 0 aromatic rings. The van der Waals surface area contributed by atoms with Crippen LogP contribution in [-0.4, -0.2) is 60.7 Å². The van der Waals surface area contributed by atoms with E-state index in [1.807, 2.05) is 0 Å². The molecule has 4 nitrogen and oxygen atoms in total. The van der Waals surface area contributed by atoms with E-state index in [2.05, 4.69) is 18.7 Å². The van der Waals surface area contributed by atoms with Gasteiger partial charge in [-0.2, -0.15) is 0 Å². The summed E-state index contributed by atoms with van der Waals surface area (Å²) < 4.78 is 11.1. The van der Waals surface area contributed by atoms with Crippen LogP contribution in [0.5, 0.6) is 0 Å². The Kier molecular flexibility index (Phi) is 4.19. The third-order valence-corrected chi connectivity index (χ3v) is 3.67. The Morgan fingerprint density at radius 3 is 2.62 bits per heavy atom. The van der Waals surface area contributed by atoms with Crippen molar-refractivity contribution < 1.29 is 14.6 Å². The maximum Gasteiger partial charge on any atom is 0.0957 e. The molecule has 2 saturated heterocycles. The second-order valence-corrected chi connectivity index (χ2v) is 4.84. The van der Waals surface area contributed by atoms with Gasteiger partial charge in [0.15, 0.2) is 0 Å². The van der Waals surface area contributed by atoms with Gasteiger partial charge < -0.3 is 14.6 Å². The Morgan fingerprint density at radius 1 is 1.31 bits per heavy atom. The van der Waals surface area contributed by atoms with Crippen molar-refractivity contribution in [2.75, 3.05) is 26.3 Å². The van der Waals surface area contributed by atoms with Gasteiger partial charge in [0.25, 0.3) is 0 Å². The van der Waals surface area contributed by atoms with Crippen LogP contribution in [0.25, 0.3) is 0 Å². The Balaban J connectivity index is 2.00. The summed E-state index contributed by atoms with van der Waals surface area (Å²) in [7, 11) is 0. The average molecular weight is 229 g/mol. The van der Waals surface area contributed by atoms with Crippen molar-refractivity contribution in [1.29, 1.82) is 0 Å². The van der Waals surface area contributed by atoms with Crippen LogP contribution in [0.2, 0.25) is 0 Å². The molecule has 0 saturated carbocycles. The molecule has 0 aliphatic carbocycles. The van der Waals surface area contributed by atoms with Gasteiger partial charge >= 0.3 is 0 Å². The van der Waals surface area contributed by atoms with Crippen LogP contribution in [-0.2, 0) is 9.47 Å². The lowest BCUT2D eigenvalue weighted by atomic mass is 9.93. The first kappa shape index (κ1) is 12.3. The predicted octanol–water partition coefficient (Wildman–Crippen LogP) is 0.635. The first-order valence-electron chi connectivity index (χ1n) is 6.37. The summed E-state index contributed by atoms with van der Waals surface area (Å²) in [5.74, 6) is 0. The molecule has 2 aliphatic heterocycles. The Hall–Kier alpha value is -0.160. The largest absolute Gasteiger partial charge is 0.389 e. The highest BCUT2D eigenvalue weighted by atomic mass is 16.5. The minimum absolute atomic E-state index is 0.00315. The van der Waals surface area contributed by atoms with Gasteiger partial charge in [0.2, 0.25) is 0 Å². The van der Waals surface area contributed by atoms with Crippen LogP contribution in [0, 0.1) is 0 Å². The molecule has 2 rings (SSSR count). The van der Waals surface area contributed by atoms with E-state index in [0.717, 1.165) is 39.1 Å². The Bertz CT molecular complexity index is 216. The highest BCUT2D eigenvalue weighted by Crippen LogP contribution is 2.26. The molecular formula is C12H23NO3. The summed E-state index contributed by atoms with van der Waals surface area (Å²) in [6.45, 7) is 7.62. The fourth-order valence-corrected chi connectivity index (χ4v) is 2.77. The fourth-order valence-electron chi connectivity index (χ4n) is 2.77. The first-order chi connectivity index (χ1) is 7.72. The zero-order valence-electron chi connectivity index (χ0n) is 10.3.